The Morgan fingerprint density at radius 1 is 0.375 bits per heavy atom. The molecule has 1 aromatic carbocycles. The highest BCUT2D eigenvalue weighted by Crippen LogP contribution is 2.14. The molecule has 0 heterocycles. The Morgan fingerprint density at radius 2 is 0.625 bits per heavy atom. The topological polar surface area (TPSA) is 47.1 Å². The Morgan fingerprint density at radius 3 is 0.896 bits per heavy atom. The zero-order valence-electron chi connectivity index (χ0n) is 32.7. The largest absolute Gasteiger partial charge is 0.340 e. The van der Waals surface area contributed by atoms with E-state index >= 15 is 0 Å². The number of hydrogen-bond donors (Lipinski definition) is 0. The van der Waals surface area contributed by atoms with Crippen molar-refractivity contribution in [2.75, 3.05) is 67.5 Å². The fraction of sp³-hybridized carbons (Fsp3) is 0.810. The maximum Gasteiger partial charge on any atom is 0.253 e. The molecule has 0 atom stereocenters. The van der Waals surface area contributed by atoms with E-state index in [4.69, 9.17) is 0 Å². The molecule has 0 aliphatic rings. The zero-order valence-corrected chi connectivity index (χ0v) is 32.7. The van der Waals surface area contributed by atoms with Crippen molar-refractivity contribution in [3.05, 3.63) is 35.4 Å². The van der Waals surface area contributed by atoms with E-state index in [1.54, 1.807) is 34.1 Å². The van der Waals surface area contributed by atoms with E-state index in [0.29, 0.717) is 24.2 Å². The van der Waals surface area contributed by atoms with Gasteiger partial charge in [0.2, 0.25) is 0 Å². The molecule has 0 saturated heterocycles. The first-order chi connectivity index (χ1) is 23.3. The van der Waals surface area contributed by atoms with Crippen LogP contribution in [0.4, 0.5) is 0 Å². The summed E-state index contributed by atoms with van der Waals surface area (Å²) in [6.45, 7) is 9.85. The van der Waals surface area contributed by atoms with Crippen LogP contribution in [-0.2, 0) is 0 Å². The Hall–Kier alpha value is -1.92. The van der Waals surface area contributed by atoms with Gasteiger partial charge < -0.3 is 19.6 Å². The van der Waals surface area contributed by atoms with Crippen molar-refractivity contribution in [2.45, 2.75) is 155 Å². The van der Waals surface area contributed by atoms with Crippen molar-refractivity contribution < 1.29 is 9.59 Å². The third-order valence-electron chi connectivity index (χ3n) is 9.99. The molecule has 1 rings (SSSR count). The first-order valence-electron chi connectivity index (χ1n) is 20.3. The summed E-state index contributed by atoms with van der Waals surface area (Å²) in [4.78, 5) is 34.3. The van der Waals surface area contributed by atoms with Crippen molar-refractivity contribution in [3.8, 4) is 0 Å². The van der Waals surface area contributed by atoms with Gasteiger partial charge in [-0.05, 0) is 64.3 Å². The van der Waals surface area contributed by atoms with Gasteiger partial charge in [0, 0.05) is 51.4 Å². The molecule has 0 aliphatic heterocycles. The van der Waals surface area contributed by atoms with Gasteiger partial charge in [-0.15, -0.1) is 0 Å². The fourth-order valence-electron chi connectivity index (χ4n) is 6.36. The second-order valence-corrected chi connectivity index (χ2v) is 14.7. The smallest absolute Gasteiger partial charge is 0.253 e. The van der Waals surface area contributed by atoms with Gasteiger partial charge in [-0.2, -0.15) is 0 Å². The highest BCUT2D eigenvalue weighted by Gasteiger charge is 2.16. The van der Waals surface area contributed by atoms with Crippen molar-refractivity contribution in [1.29, 1.82) is 0 Å². The van der Waals surface area contributed by atoms with Crippen LogP contribution in [0.25, 0.3) is 0 Å². The summed E-state index contributed by atoms with van der Waals surface area (Å²) >= 11 is 0. The number of likely N-dealkylation sites (N-methyl/N-ethyl adjacent to an activating group) is 4. The summed E-state index contributed by atoms with van der Waals surface area (Å²) in [5, 5.41) is 0. The molecule has 6 heteroatoms. The minimum Gasteiger partial charge on any atom is -0.340 e. The highest BCUT2D eigenvalue weighted by atomic mass is 16.2. The molecule has 6 nitrogen and oxygen atoms in total. The quantitative estimate of drug-likeness (QED) is 0.0716. The number of carbonyl (C=O) groups is 2. The summed E-state index contributed by atoms with van der Waals surface area (Å²) in [5.74, 6) is 0.0176. The molecule has 0 N–H and O–H groups in total. The molecule has 2 amide bonds. The van der Waals surface area contributed by atoms with Crippen LogP contribution >= 0.6 is 0 Å². The van der Waals surface area contributed by atoms with Gasteiger partial charge in [0.05, 0.1) is 0 Å². The van der Waals surface area contributed by atoms with E-state index in [2.05, 4.69) is 37.7 Å². The molecule has 48 heavy (non-hydrogen) atoms. The van der Waals surface area contributed by atoms with Crippen LogP contribution in [0.1, 0.15) is 176 Å². The average molecular weight is 671 g/mol. The molecule has 0 aromatic heterocycles. The van der Waals surface area contributed by atoms with Gasteiger partial charge in [-0.25, -0.2) is 0 Å². The number of unbranched alkanes of at least 4 members (excludes halogenated alkanes) is 20. The predicted molar refractivity (Wildman–Crippen MR) is 208 cm³/mol. The molecule has 0 radical (unpaired) electrons. The van der Waals surface area contributed by atoms with Gasteiger partial charge in [0.1, 0.15) is 0 Å². The van der Waals surface area contributed by atoms with Crippen LogP contribution in [0.5, 0.6) is 0 Å². The molecule has 0 fully saturated rings. The molecule has 0 unspecified atom stereocenters. The summed E-state index contributed by atoms with van der Waals surface area (Å²) in [6.07, 6.45) is 29.9. The minimum absolute atomic E-state index is 0.00878. The van der Waals surface area contributed by atoms with Crippen molar-refractivity contribution in [2.24, 2.45) is 0 Å². The van der Waals surface area contributed by atoms with E-state index in [-0.39, 0.29) is 11.8 Å². The second-order valence-electron chi connectivity index (χ2n) is 14.7. The third kappa shape index (κ3) is 22.7. The lowest BCUT2D eigenvalue weighted by molar-refractivity contribution is 0.0770. The first-order valence-corrected chi connectivity index (χ1v) is 20.3. The minimum atomic E-state index is 0.00878. The van der Waals surface area contributed by atoms with Crippen molar-refractivity contribution >= 4 is 11.8 Å². The van der Waals surface area contributed by atoms with Crippen LogP contribution in [0.2, 0.25) is 0 Å². The fourth-order valence-corrected chi connectivity index (χ4v) is 6.36. The van der Waals surface area contributed by atoms with Gasteiger partial charge in [-0.3, -0.25) is 9.59 Å². The van der Waals surface area contributed by atoms with Gasteiger partial charge >= 0.3 is 0 Å². The van der Waals surface area contributed by atoms with Crippen LogP contribution in [0, 0.1) is 0 Å². The molecule has 0 aliphatic carbocycles. The lowest BCUT2D eigenvalue weighted by atomic mass is 10.1. The van der Waals surface area contributed by atoms with Gasteiger partial charge in [0.25, 0.3) is 11.8 Å². The monoisotopic (exact) mass is 671 g/mol. The van der Waals surface area contributed by atoms with E-state index in [9.17, 15) is 9.59 Å². The van der Waals surface area contributed by atoms with Crippen LogP contribution in [0.15, 0.2) is 24.3 Å². The third-order valence-corrected chi connectivity index (χ3v) is 9.99. The number of benzene rings is 1. The van der Waals surface area contributed by atoms with Gasteiger partial charge in [-0.1, -0.05) is 142 Å². The number of carbonyl (C=O) groups excluding carboxylic acids is 2. The first kappa shape index (κ1) is 44.1. The number of rotatable bonds is 32. The molecule has 1 aromatic rings. The predicted octanol–water partition coefficient (Wildman–Crippen LogP) is 10.3. The SMILES string of the molecule is CCCCCCCCCCCCCN(C)CCN(C)C(=O)c1ccc(C(=O)N(C)CCN(C)CCCCCCCCCCCCC)cc1. The molecule has 0 bridgehead atoms. The van der Waals surface area contributed by atoms with Crippen LogP contribution < -0.4 is 0 Å². The van der Waals surface area contributed by atoms with Crippen LogP contribution in [0.3, 0.4) is 0 Å². The normalized spacial score (nSPS) is 11.5. The number of hydrogen-bond acceptors (Lipinski definition) is 4. The lowest BCUT2D eigenvalue weighted by Gasteiger charge is -2.23. The Balaban J connectivity index is 2.19. The summed E-state index contributed by atoms with van der Waals surface area (Å²) in [7, 11) is 8.06. The Bertz CT molecular complexity index is 832. The van der Waals surface area contributed by atoms with Crippen molar-refractivity contribution in [1.82, 2.24) is 19.6 Å². The summed E-state index contributed by atoms with van der Waals surface area (Å²) in [6, 6.07) is 7.20. The number of amides is 2. The molecule has 0 spiro atoms. The zero-order chi connectivity index (χ0) is 35.2. The maximum absolute atomic E-state index is 13.0. The highest BCUT2D eigenvalue weighted by molar-refractivity contribution is 5.97. The van der Waals surface area contributed by atoms with E-state index < -0.39 is 0 Å². The average Bonchev–Trinajstić information content (AvgIpc) is 3.10. The van der Waals surface area contributed by atoms with E-state index in [1.807, 2.05) is 14.1 Å². The Labute approximate surface area is 298 Å². The standard InChI is InChI=1S/C42H78N4O2/c1-7-9-11-13-15-17-19-21-23-25-27-33-43(3)35-37-45(5)41(47)39-29-31-40(32-30-39)42(48)46(6)38-36-44(4)34-28-26-24-22-20-18-16-14-12-10-8-2/h29-32H,7-28,33-38H2,1-6H3. The molecular formula is C42H78N4O2. The van der Waals surface area contributed by atoms with Gasteiger partial charge in [0.15, 0.2) is 0 Å². The number of nitrogens with zero attached hydrogens (tertiary/aromatic N) is 4. The second kappa shape index (κ2) is 29.9. The van der Waals surface area contributed by atoms with Crippen molar-refractivity contribution in [3.63, 3.8) is 0 Å². The van der Waals surface area contributed by atoms with E-state index in [1.165, 1.54) is 141 Å². The molecule has 0 saturated carbocycles. The molecule has 278 valence electrons. The summed E-state index contributed by atoms with van der Waals surface area (Å²) in [5.41, 5.74) is 1.27. The lowest BCUT2D eigenvalue weighted by Crippen LogP contribution is -2.35. The maximum atomic E-state index is 13.0. The Kier molecular flexibility index (Phi) is 27.5. The molecular weight excluding hydrogens is 592 g/mol. The van der Waals surface area contributed by atoms with Crippen LogP contribution in [-0.4, -0.2) is 98.9 Å². The van der Waals surface area contributed by atoms with E-state index in [0.717, 1.165) is 26.2 Å². The summed E-state index contributed by atoms with van der Waals surface area (Å²) < 4.78 is 0.